The standard InChI is InChI=1S/C54H32N4OS/c1-3-13-33(14-4-1)35-23-26-37(27-24-35)54-55-46-32-45(49-48(50(46)60-54)44-21-11-12-22-47(44)59-49)42-29-30-43(41-20-10-9-19-40(41)42)53-57-51(36-16-5-2-6-17-36)56-52(58-53)39-28-25-34-15-7-8-18-38(34)31-39/h1-32H. The normalized spacial score (nSPS) is 11.7. The molecule has 0 spiro atoms. The smallest absolute Gasteiger partial charge is 0.164 e. The summed E-state index contributed by atoms with van der Waals surface area (Å²) in [4.78, 5) is 20.7. The highest BCUT2D eigenvalue weighted by atomic mass is 32.1. The van der Waals surface area contributed by atoms with Crippen molar-refractivity contribution in [3.05, 3.63) is 194 Å². The lowest BCUT2D eigenvalue weighted by Gasteiger charge is -2.13. The Balaban J connectivity index is 1.04. The first-order chi connectivity index (χ1) is 29.7. The van der Waals surface area contributed by atoms with Gasteiger partial charge in [-0.05, 0) is 62.5 Å². The lowest BCUT2D eigenvalue weighted by atomic mass is 9.93. The molecule has 0 aliphatic heterocycles. The van der Waals surface area contributed by atoms with Crippen molar-refractivity contribution in [2.45, 2.75) is 0 Å². The Morgan fingerprint density at radius 1 is 0.367 bits per heavy atom. The summed E-state index contributed by atoms with van der Waals surface area (Å²) < 4.78 is 7.91. The molecule has 3 heterocycles. The first-order valence-corrected chi connectivity index (χ1v) is 20.8. The Labute approximate surface area is 348 Å². The Morgan fingerprint density at radius 3 is 1.72 bits per heavy atom. The average Bonchev–Trinajstić information content (AvgIpc) is 3.93. The van der Waals surface area contributed by atoms with Gasteiger partial charge < -0.3 is 4.42 Å². The summed E-state index contributed by atoms with van der Waals surface area (Å²) in [5.41, 5.74) is 10.9. The second-order valence-electron chi connectivity index (χ2n) is 15.0. The predicted octanol–water partition coefficient (Wildman–Crippen LogP) is 14.7. The molecule has 0 amide bonds. The number of hydrogen-bond acceptors (Lipinski definition) is 6. The van der Waals surface area contributed by atoms with Crippen LogP contribution < -0.4 is 0 Å². The van der Waals surface area contributed by atoms with E-state index < -0.39 is 0 Å². The minimum atomic E-state index is 0.613. The molecule has 6 heteroatoms. The number of thiazole rings is 1. The summed E-state index contributed by atoms with van der Waals surface area (Å²) >= 11 is 1.71. The summed E-state index contributed by atoms with van der Waals surface area (Å²) in [5, 5.41) is 7.54. The van der Waals surface area contributed by atoms with Gasteiger partial charge in [-0.1, -0.05) is 170 Å². The van der Waals surface area contributed by atoms with Crippen molar-refractivity contribution in [1.82, 2.24) is 19.9 Å². The molecule has 0 bridgehead atoms. The lowest BCUT2D eigenvalue weighted by Crippen LogP contribution is -2.01. The van der Waals surface area contributed by atoms with Gasteiger partial charge in [0.15, 0.2) is 17.5 Å². The molecule has 0 aliphatic carbocycles. The molecule has 0 fully saturated rings. The fraction of sp³-hybridized carbons (Fsp3) is 0. The topological polar surface area (TPSA) is 64.7 Å². The summed E-state index contributed by atoms with van der Waals surface area (Å²) in [6.45, 7) is 0. The molecule has 0 saturated carbocycles. The molecule has 9 aromatic carbocycles. The zero-order valence-electron chi connectivity index (χ0n) is 32.1. The molecule has 0 N–H and O–H groups in total. The van der Waals surface area contributed by atoms with Crippen LogP contribution in [-0.4, -0.2) is 19.9 Å². The van der Waals surface area contributed by atoms with E-state index in [2.05, 4.69) is 152 Å². The van der Waals surface area contributed by atoms with E-state index in [1.165, 1.54) is 16.5 Å². The van der Waals surface area contributed by atoms with E-state index in [0.717, 1.165) is 86.7 Å². The molecular formula is C54H32N4OS. The Morgan fingerprint density at radius 2 is 0.933 bits per heavy atom. The molecule has 0 aliphatic rings. The van der Waals surface area contributed by atoms with Crippen LogP contribution in [0.25, 0.3) is 121 Å². The van der Waals surface area contributed by atoms with Crippen LogP contribution in [-0.2, 0) is 0 Å². The van der Waals surface area contributed by atoms with Crippen LogP contribution in [0.3, 0.4) is 0 Å². The SMILES string of the molecule is c1ccc(-c2ccc(-c3nc4cc(-c5ccc(-c6nc(-c7ccccc7)nc(-c7ccc8ccccc8c7)n6)c6ccccc56)c5oc6ccccc6c5c4s3)cc2)cc1. The zero-order chi connectivity index (χ0) is 39.6. The van der Waals surface area contributed by atoms with Crippen molar-refractivity contribution >= 4 is 65.0 Å². The van der Waals surface area contributed by atoms with Crippen molar-refractivity contribution in [3.8, 4) is 67.0 Å². The van der Waals surface area contributed by atoms with Crippen LogP contribution in [0.1, 0.15) is 0 Å². The number of para-hydroxylation sites is 1. The molecule has 0 unspecified atom stereocenters. The number of furan rings is 1. The van der Waals surface area contributed by atoms with E-state index >= 15 is 0 Å². The number of fused-ring (bicyclic) bond motifs is 7. The molecule has 0 atom stereocenters. The van der Waals surface area contributed by atoms with E-state index in [1.807, 2.05) is 42.5 Å². The first kappa shape index (κ1) is 34.3. The fourth-order valence-electron chi connectivity index (χ4n) is 8.43. The quantitative estimate of drug-likeness (QED) is 0.168. The van der Waals surface area contributed by atoms with Crippen molar-refractivity contribution in [2.75, 3.05) is 0 Å². The highest BCUT2D eigenvalue weighted by Crippen LogP contribution is 2.46. The van der Waals surface area contributed by atoms with E-state index in [1.54, 1.807) is 11.3 Å². The molecule has 0 saturated heterocycles. The summed E-state index contributed by atoms with van der Waals surface area (Å²) in [6.07, 6.45) is 0. The molecule has 5 nitrogen and oxygen atoms in total. The minimum absolute atomic E-state index is 0.613. The van der Waals surface area contributed by atoms with Crippen molar-refractivity contribution in [1.29, 1.82) is 0 Å². The van der Waals surface area contributed by atoms with Crippen molar-refractivity contribution in [3.63, 3.8) is 0 Å². The van der Waals surface area contributed by atoms with Gasteiger partial charge in [0.1, 0.15) is 16.2 Å². The highest BCUT2D eigenvalue weighted by molar-refractivity contribution is 7.22. The maximum Gasteiger partial charge on any atom is 0.164 e. The molecular weight excluding hydrogens is 753 g/mol. The fourth-order valence-corrected chi connectivity index (χ4v) is 9.54. The van der Waals surface area contributed by atoms with Crippen LogP contribution in [0.2, 0.25) is 0 Å². The Bertz CT molecular complexity index is 3600. The minimum Gasteiger partial charge on any atom is -0.455 e. The van der Waals surface area contributed by atoms with Gasteiger partial charge >= 0.3 is 0 Å². The summed E-state index contributed by atoms with van der Waals surface area (Å²) in [6, 6.07) is 67.4. The van der Waals surface area contributed by atoms with E-state index in [4.69, 9.17) is 24.4 Å². The first-order valence-electron chi connectivity index (χ1n) is 20.0. The van der Waals surface area contributed by atoms with Gasteiger partial charge in [0.25, 0.3) is 0 Å². The number of rotatable bonds is 6. The van der Waals surface area contributed by atoms with Crippen LogP contribution in [0.4, 0.5) is 0 Å². The molecule has 280 valence electrons. The number of hydrogen-bond donors (Lipinski definition) is 0. The van der Waals surface area contributed by atoms with Crippen molar-refractivity contribution in [2.24, 2.45) is 0 Å². The monoisotopic (exact) mass is 784 g/mol. The van der Waals surface area contributed by atoms with E-state index in [0.29, 0.717) is 17.5 Å². The van der Waals surface area contributed by atoms with Gasteiger partial charge in [-0.3, -0.25) is 0 Å². The largest absolute Gasteiger partial charge is 0.455 e. The third-order valence-electron chi connectivity index (χ3n) is 11.4. The van der Waals surface area contributed by atoms with Crippen LogP contribution in [0.5, 0.6) is 0 Å². The molecule has 12 rings (SSSR count). The van der Waals surface area contributed by atoms with E-state index in [-0.39, 0.29) is 0 Å². The maximum absolute atomic E-state index is 6.80. The molecule has 12 aromatic rings. The predicted molar refractivity (Wildman–Crippen MR) is 248 cm³/mol. The highest BCUT2D eigenvalue weighted by Gasteiger charge is 2.22. The van der Waals surface area contributed by atoms with E-state index in [9.17, 15) is 0 Å². The summed E-state index contributed by atoms with van der Waals surface area (Å²) in [7, 11) is 0. The van der Waals surface area contributed by atoms with Crippen LogP contribution in [0.15, 0.2) is 199 Å². The van der Waals surface area contributed by atoms with Gasteiger partial charge in [-0.25, -0.2) is 19.9 Å². The summed E-state index contributed by atoms with van der Waals surface area (Å²) in [5.74, 6) is 1.86. The number of nitrogens with zero attached hydrogens (tertiary/aromatic N) is 4. The third kappa shape index (κ3) is 5.76. The number of aromatic nitrogens is 4. The van der Waals surface area contributed by atoms with Gasteiger partial charge in [0.2, 0.25) is 0 Å². The Hall–Kier alpha value is -7.80. The van der Waals surface area contributed by atoms with Gasteiger partial charge in [0.05, 0.1) is 10.2 Å². The van der Waals surface area contributed by atoms with Gasteiger partial charge in [-0.15, -0.1) is 11.3 Å². The Kier molecular flexibility index (Phi) is 7.96. The average molecular weight is 785 g/mol. The van der Waals surface area contributed by atoms with Gasteiger partial charge in [-0.2, -0.15) is 0 Å². The maximum atomic E-state index is 6.80. The van der Waals surface area contributed by atoms with Crippen molar-refractivity contribution < 1.29 is 4.42 Å². The second kappa shape index (κ2) is 13.9. The molecule has 0 radical (unpaired) electrons. The second-order valence-corrected chi connectivity index (χ2v) is 16.0. The lowest BCUT2D eigenvalue weighted by molar-refractivity contribution is 0.670. The van der Waals surface area contributed by atoms with Crippen LogP contribution >= 0.6 is 11.3 Å². The van der Waals surface area contributed by atoms with Gasteiger partial charge in [0, 0.05) is 38.6 Å². The third-order valence-corrected chi connectivity index (χ3v) is 12.5. The molecule has 3 aromatic heterocycles. The zero-order valence-corrected chi connectivity index (χ0v) is 32.9. The van der Waals surface area contributed by atoms with Crippen LogP contribution in [0, 0.1) is 0 Å². The molecule has 60 heavy (non-hydrogen) atoms. The number of benzene rings is 9.